The zero-order valence-electron chi connectivity index (χ0n) is 21.6. The fourth-order valence-electron chi connectivity index (χ4n) is 3.94. The predicted molar refractivity (Wildman–Crippen MR) is 136 cm³/mol. The summed E-state index contributed by atoms with van der Waals surface area (Å²) in [6.45, 7) is 13.2. The predicted octanol–water partition coefficient (Wildman–Crippen LogP) is 4.29. The molecule has 1 aliphatic heterocycles. The molecule has 2 aromatic carbocycles. The minimum Gasteiger partial charge on any atom is -0.480 e. The van der Waals surface area contributed by atoms with E-state index in [0.717, 1.165) is 16.6 Å². The number of alkyl carbamates (subject to hydrolysis) is 1. The van der Waals surface area contributed by atoms with E-state index in [0.29, 0.717) is 6.42 Å². The van der Waals surface area contributed by atoms with Crippen LogP contribution in [0, 0.1) is 0 Å². The van der Waals surface area contributed by atoms with Crippen molar-refractivity contribution in [2.24, 2.45) is 0 Å². The van der Waals surface area contributed by atoms with Crippen molar-refractivity contribution < 1.29 is 28.7 Å². The Hall–Kier alpha value is -2.84. The largest absolute Gasteiger partial charge is 0.494 e. The van der Waals surface area contributed by atoms with Gasteiger partial charge in [0.25, 0.3) is 0 Å². The zero-order valence-corrected chi connectivity index (χ0v) is 21.6. The summed E-state index contributed by atoms with van der Waals surface area (Å²) in [5, 5.41) is 12.6. The maximum Gasteiger partial charge on any atom is 0.494 e. The van der Waals surface area contributed by atoms with Crippen LogP contribution < -0.4 is 10.8 Å². The average molecular weight is 481 g/mol. The molecule has 0 radical (unpaired) electrons. The van der Waals surface area contributed by atoms with E-state index in [4.69, 9.17) is 14.0 Å². The molecule has 1 unspecified atom stereocenters. The average Bonchev–Trinajstić information content (AvgIpc) is 2.97. The van der Waals surface area contributed by atoms with Gasteiger partial charge in [0.2, 0.25) is 0 Å². The number of carbonyl (C=O) groups excluding carboxylic acids is 1. The van der Waals surface area contributed by atoms with E-state index in [1.165, 1.54) is 0 Å². The van der Waals surface area contributed by atoms with Gasteiger partial charge in [0, 0.05) is 5.92 Å². The number of benzene rings is 2. The molecule has 2 aromatic rings. The van der Waals surface area contributed by atoms with Crippen molar-refractivity contribution in [2.75, 3.05) is 0 Å². The number of aliphatic carboxylic acids is 1. The summed E-state index contributed by atoms with van der Waals surface area (Å²) in [5.41, 5.74) is 0.919. The molecule has 1 fully saturated rings. The molecule has 0 aliphatic carbocycles. The highest BCUT2D eigenvalue weighted by Crippen LogP contribution is 2.36. The van der Waals surface area contributed by atoms with Gasteiger partial charge in [-0.05, 0) is 71.5 Å². The SMILES string of the molecule is CC(C)(C)OC(=O)N[C@H](C(=O)O)C(Cc1ccccc1)c1ccc(B2OC(C)(C)C(C)(C)O2)cc1. The number of hydrogen-bond acceptors (Lipinski definition) is 5. The summed E-state index contributed by atoms with van der Waals surface area (Å²) in [5.74, 6) is -1.67. The first-order valence-corrected chi connectivity index (χ1v) is 11.9. The van der Waals surface area contributed by atoms with Gasteiger partial charge in [-0.1, -0.05) is 54.6 Å². The molecule has 7 nitrogen and oxygen atoms in total. The zero-order chi connectivity index (χ0) is 26.0. The van der Waals surface area contributed by atoms with Crippen LogP contribution in [-0.2, 0) is 25.3 Å². The number of carbonyl (C=O) groups is 2. The lowest BCUT2D eigenvalue weighted by Crippen LogP contribution is -2.47. The highest BCUT2D eigenvalue weighted by atomic mass is 16.7. The lowest BCUT2D eigenvalue weighted by molar-refractivity contribution is -0.140. The molecule has 0 saturated carbocycles. The fourth-order valence-corrected chi connectivity index (χ4v) is 3.94. The maximum absolute atomic E-state index is 12.5. The van der Waals surface area contributed by atoms with Gasteiger partial charge < -0.3 is 24.5 Å². The molecule has 1 heterocycles. The second kappa shape index (κ2) is 10.0. The lowest BCUT2D eigenvalue weighted by atomic mass is 9.77. The Morgan fingerprint density at radius 2 is 1.51 bits per heavy atom. The third-order valence-corrected chi connectivity index (χ3v) is 6.53. The van der Waals surface area contributed by atoms with E-state index in [1.807, 2.05) is 82.3 Å². The Kier molecular flexibility index (Phi) is 7.67. The van der Waals surface area contributed by atoms with E-state index >= 15 is 0 Å². The Morgan fingerprint density at radius 3 is 2.00 bits per heavy atom. The second-order valence-electron chi connectivity index (χ2n) is 11.0. The van der Waals surface area contributed by atoms with Crippen molar-refractivity contribution in [3.8, 4) is 0 Å². The normalized spacial score (nSPS) is 18.5. The number of carboxylic acid groups (broad SMARTS) is 1. The molecule has 2 atom stereocenters. The maximum atomic E-state index is 12.5. The van der Waals surface area contributed by atoms with Crippen molar-refractivity contribution in [2.45, 2.75) is 83.6 Å². The molecule has 188 valence electrons. The summed E-state index contributed by atoms with van der Waals surface area (Å²) in [6, 6.07) is 16.0. The molecule has 1 amide bonds. The lowest BCUT2D eigenvalue weighted by Gasteiger charge is -2.32. The molecule has 3 rings (SSSR count). The molecule has 0 spiro atoms. The molecular weight excluding hydrogens is 445 g/mol. The van der Waals surface area contributed by atoms with Gasteiger partial charge in [-0.15, -0.1) is 0 Å². The van der Waals surface area contributed by atoms with Crippen LogP contribution in [0.15, 0.2) is 54.6 Å². The number of rotatable bonds is 7. The summed E-state index contributed by atoms with van der Waals surface area (Å²) in [6.07, 6.45) is -0.347. The van der Waals surface area contributed by atoms with Gasteiger partial charge in [0.05, 0.1) is 11.2 Å². The van der Waals surface area contributed by atoms with Crippen LogP contribution in [0.5, 0.6) is 0 Å². The Balaban J connectivity index is 1.90. The van der Waals surface area contributed by atoms with Crippen LogP contribution in [0.3, 0.4) is 0 Å². The fraction of sp³-hybridized carbons (Fsp3) is 0.481. The summed E-state index contributed by atoms with van der Waals surface area (Å²) < 4.78 is 17.6. The number of carboxylic acids is 1. The van der Waals surface area contributed by atoms with E-state index < -0.39 is 47.9 Å². The van der Waals surface area contributed by atoms with Crippen molar-refractivity contribution in [3.05, 3.63) is 65.7 Å². The van der Waals surface area contributed by atoms with Crippen LogP contribution in [0.25, 0.3) is 0 Å². The van der Waals surface area contributed by atoms with Gasteiger partial charge in [0.15, 0.2) is 0 Å². The van der Waals surface area contributed by atoms with E-state index in [2.05, 4.69) is 5.32 Å². The molecule has 1 saturated heterocycles. The van der Waals surface area contributed by atoms with Crippen molar-refractivity contribution in [3.63, 3.8) is 0 Å². The first-order valence-electron chi connectivity index (χ1n) is 11.9. The van der Waals surface area contributed by atoms with Crippen LogP contribution in [0.2, 0.25) is 0 Å². The number of hydrogen-bond donors (Lipinski definition) is 2. The molecule has 0 aromatic heterocycles. The third kappa shape index (κ3) is 6.64. The Labute approximate surface area is 208 Å². The molecule has 2 N–H and O–H groups in total. The monoisotopic (exact) mass is 481 g/mol. The standard InChI is InChI=1S/C27H36BNO6/c1-25(2,3)33-24(32)29-22(23(30)31)21(17-18-11-9-8-10-12-18)19-13-15-20(16-14-19)28-34-26(4,5)27(6,7)35-28/h8-16,21-22H,17H2,1-7H3,(H,29,32)(H,30,31)/t21?,22-/m0/s1. The van der Waals surface area contributed by atoms with Crippen LogP contribution in [-0.4, -0.2) is 47.1 Å². The minimum atomic E-state index is -1.19. The molecule has 0 bridgehead atoms. The van der Waals surface area contributed by atoms with Crippen molar-refractivity contribution >= 4 is 24.6 Å². The van der Waals surface area contributed by atoms with E-state index in [9.17, 15) is 14.7 Å². The minimum absolute atomic E-state index is 0.420. The van der Waals surface area contributed by atoms with Crippen molar-refractivity contribution in [1.82, 2.24) is 5.32 Å². The molecule has 35 heavy (non-hydrogen) atoms. The first kappa shape index (κ1) is 26.8. The number of amides is 1. The van der Waals surface area contributed by atoms with E-state index in [1.54, 1.807) is 20.8 Å². The van der Waals surface area contributed by atoms with Crippen LogP contribution in [0.4, 0.5) is 4.79 Å². The van der Waals surface area contributed by atoms with Crippen molar-refractivity contribution in [1.29, 1.82) is 0 Å². The van der Waals surface area contributed by atoms with Crippen LogP contribution >= 0.6 is 0 Å². The molecule has 1 aliphatic rings. The molecular formula is C27H36BNO6. The highest BCUT2D eigenvalue weighted by Gasteiger charge is 2.51. The van der Waals surface area contributed by atoms with E-state index in [-0.39, 0.29) is 0 Å². The topological polar surface area (TPSA) is 94.1 Å². The quantitative estimate of drug-likeness (QED) is 0.573. The summed E-state index contributed by atoms with van der Waals surface area (Å²) in [4.78, 5) is 24.8. The second-order valence-corrected chi connectivity index (χ2v) is 11.0. The van der Waals surface area contributed by atoms with Crippen LogP contribution in [0.1, 0.15) is 65.5 Å². The molecule has 8 heteroatoms. The van der Waals surface area contributed by atoms with Gasteiger partial charge >= 0.3 is 19.2 Å². The Bertz CT molecular complexity index is 1010. The summed E-state index contributed by atoms with van der Waals surface area (Å²) in [7, 11) is -0.517. The van der Waals surface area contributed by atoms with Gasteiger partial charge in [-0.3, -0.25) is 0 Å². The highest BCUT2D eigenvalue weighted by molar-refractivity contribution is 6.62. The smallest absolute Gasteiger partial charge is 0.480 e. The first-order chi connectivity index (χ1) is 16.2. The summed E-state index contributed by atoms with van der Waals surface area (Å²) >= 11 is 0. The third-order valence-electron chi connectivity index (χ3n) is 6.53. The van der Waals surface area contributed by atoms with Gasteiger partial charge in [-0.25, -0.2) is 9.59 Å². The van der Waals surface area contributed by atoms with Gasteiger partial charge in [0.1, 0.15) is 11.6 Å². The number of ether oxygens (including phenoxy) is 1. The van der Waals surface area contributed by atoms with Gasteiger partial charge in [-0.2, -0.15) is 0 Å². The number of nitrogens with one attached hydrogen (secondary N) is 1. The Morgan fingerprint density at radius 1 is 0.971 bits per heavy atom.